The fraction of sp³-hybridized carbons (Fsp3) is 0.400. The molecule has 0 aliphatic carbocycles. The second kappa shape index (κ2) is 11.8. The summed E-state index contributed by atoms with van der Waals surface area (Å²) in [7, 11) is 0. The molecule has 0 atom stereocenters. The van der Waals surface area contributed by atoms with E-state index in [1.807, 2.05) is 12.1 Å². The van der Waals surface area contributed by atoms with Gasteiger partial charge in [0.25, 0.3) is 0 Å². The highest BCUT2D eigenvalue weighted by Gasteiger charge is 2.17. The first-order chi connectivity index (χ1) is 11.7. The number of benzene rings is 2. The summed E-state index contributed by atoms with van der Waals surface area (Å²) in [5.74, 6) is 0. The molecule has 26 heavy (non-hydrogen) atoms. The van der Waals surface area contributed by atoms with Crippen LogP contribution in [0, 0.1) is 0 Å². The zero-order valence-corrected chi connectivity index (χ0v) is 17.3. The van der Waals surface area contributed by atoms with Crippen molar-refractivity contribution in [3.8, 4) is 0 Å². The summed E-state index contributed by atoms with van der Waals surface area (Å²) in [4.78, 5) is 5.06. The molecule has 3 rings (SSSR count). The van der Waals surface area contributed by atoms with Gasteiger partial charge in [-0.25, -0.2) is 0 Å². The Morgan fingerprint density at radius 3 is 1.88 bits per heavy atom. The second-order valence-electron chi connectivity index (χ2n) is 6.54. The maximum atomic E-state index is 5.95. The van der Waals surface area contributed by atoms with E-state index in [1.165, 1.54) is 16.7 Å². The van der Waals surface area contributed by atoms with Crippen LogP contribution in [0.5, 0.6) is 0 Å². The Labute approximate surface area is 174 Å². The van der Waals surface area contributed by atoms with Crippen LogP contribution in [0.1, 0.15) is 16.7 Å². The van der Waals surface area contributed by atoms with Gasteiger partial charge in [-0.3, -0.25) is 9.80 Å². The van der Waals surface area contributed by atoms with Crippen LogP contribution >= 0.6 is 36.4 Å². The third-order valence-corrected chi connectivity index (χ3v) is 4.87. The largest absolute Gasteiger partial charge is 0.330 e. The summed E-state index contributed by atoms with van der Waals surface area (Å²) >= 11 is 5.95. The maximum Gasteiger partial charge on any atom is 0.0406 e. The van der Waals surface area contributed by atoms with Crippen molar-refractivity contribution < 1.29 is 0 Å². The van der Waals surface area contributed by atoms with E-state index in [2.05, 4.69) is 46.2 Å². The fourth-order valence-electron chi connectivity index (χ4n) is 3.26. The van der Waals surface area contributed by atoms with Crippen molar-refractivity contribution in [3.63, 3.8) is 0 Å². The zero-order valence-electron chi connectivity index (χ0n) is 14.9. The second-order valence-corrected chi connectivity index (χ2v) is 6.97. The Morgan fingerprint density at radius 2 is 1.31 bits per heavy atom. The van der Waals surface area contributed by atoms with Gasteiger partial charge in [-0.1, -0.05) is 48.0 Å². The van der Waals surface area contributed by atoms with Gasteiger partial charge in [0.05, 0.1) is 0 Å². The van der Waals surface area contributed by atoms with Crippen LogP contribution in [-0.4, -0.2) is 42.5 Å². The van der Waals surface area contributed by atoms with Gasteiger partial charge in [-0.15, -0.1) is 24.8 Å². The lowest BCUT2D eigenvalue weighted by Gasteiger charge is -2.34. The van der Waals surface area contributed by atoms with Gasteiger partial charge in [0.2, 0.25) is 0 Å². The molecule has 0 saturated carbocycles. The molecular weight excluding hydrogens is 389 g/mol. The minimum atomic E-state index is 0. The molecular formula is C20H28Cl3N3. The molecule has 1 heterocycles. The topological polar surface area (TPSA) is 32.5 Å². The summed E-state index contributed by atoms with van der Waals surface area (Å²) in [6.07, 6.45) is 0.961. The molecule has 2 aromatic carbocycles. The third kappa shape index (κ3) is 7.07. The SMILES string of the molecule is Cl.Cl.NCCc1cccc(CN2CCN(Cc3ccc(Cl)cc3)CC2)c1. The predicted molar refractivity (Wildman–Crippen MR) is 116 cm³/mol. The number of hydrogen-bond acceptors (Lipinski definition) is 3. The Bertz CT molecular complexity index is 641. The van der Waals surface area contributed by atoms with Crippen LogP contribution in [0.25, 0.3) is 0 Å². The molecule has 2 aromatic rings. The van der Waals surface area contributed by atoms with Crippen LogP contribution in [0.3, 0.4) is 0 Å². The van der Waals surface area contributed by atoms with Crippen molar-refractivity contribution >= 4 is 36.4 Å². The van der Waals surface area contributed by atoms with Crippen molar-refractivity contribution in [3.05, 3.63) is 70.2 Å². The van der Waals surface area contributed by atoms with Gasteiger partial charge in [-0.2, -0.15) is 0 Å². The molecule has 0 spiro atoms. The number of halogens is 3. The van der Waals surface area contributed by atoms with Crippen molar-refractivity contribution in [2.75, 3.05) is 32.7 Å². The quantitative estimate of drug-likeness (QED) is 0.772. The molecule has 1 fully saturated rings. The van der Waals surface area contributed by atoms with Crippen molar-refractivity contribution in [1.29, 1.82) is 0 Å². The van der Waals surface area contributed by atoms with Gasteiger partial charge >= 0.3 is 0 Å². The molecule has 1 aliphatic rings. The third-order valence-electron chi connectivity index (χ3n) is 4.61. The molecule has 0 unspecified atom stereocenters. The molecule has 2 N–H and O–H groups in total. The molecule has 6 heteroatoms. The smallest absolute Gasteiger partial charge is 0.0406 e. The van der Waals surface area contributed by atoms with Gasteiger partial charge in [0.1, 0.15) is 0 Å². The van der Waals surface area contributed by atoms with E-state index in [9.17, 15) is 0 Å². The summed E-state index contributed by atoms with van der Waals surface area (Å²) in [6.45, 7) is 7.23. The molecule has 1 saturated heterocycles. The van der Waals surface area contributed by atoms with E-state index in [4.69, 9.17) is 17.3 Å². The van der Waals surface area contributed by atoms with Gasteiger partial charge in [-0.05, 0) is 41.8 Å². The first-order valence-corrected chi connectivity index (χ1v) is 9.08. The van der Waals surface area contributed by atoms with E-state index in [1.54, 1.807) is 0 Å². The van der Waals surface area contributed by atoms with Crippen molar-refractivity contribution in [2.24, 2.45) is 5.73 Å². The highest BCUT2D eigenvalue weighted by atomic mass is 35.5. The monoisotopic (exact) mass is 415 g/mol. The molecule has 0 amide bonds. The fourth-order valence-corrected chi connectivity index (χ4v) is 3.39. The van der Waals surface area contributed by atoms with Gasteiger partial charge in [0, 0.05) is 44.3 Å². The Morgan fingerprint density at radius 1 is 0.769 bits per heavy atom. The number of hydrogen-bond donors (Lipinski definition) is 1. The first-order valence-electron chi connectivity index (χ1n) is 8.70. The number of nitrogens with zero attached hydrogens (tertiary/aromatic N) is 2. The highest BCUT2D eigenvalue weighted by Crippen LogP contribution is 2.15. The van der Waals surface area contributed by atoms with E-state index >= 15 is 0 Å². The van der Waals surface area contributed by atoms with Crippen LogP contribution in [-0.2, 0) is 19.5 Å². The van der Waals surface area contributed by atoms with E-state index in [0.717, 1.165) is 50.7 Å². The van der Waals surface area contributed by atoms with E-state index in [0.29, 0.717) is 6.54 Å². The van der Waals surface area contributed by atoms with Crippen LogP contribution in [0.15, 0.2) is 48.5 Å². The van der Waals surface area contributed by atoms with E-state index in [-0.39, 0.29) is 24.8 Å². The summed E-state index contributed by atoms with van der Waals surface area (Å²) in [5, 5.41) is 0.806. The average molecular weight is 417 g/mol. The number of nitrogens with two attached hydrogens (primary N) is 1. The van der Waals surface area contributed by atoms with E-state index < -0.39 is 0 Å². The van der Waals surface area contributed by atoms with Crippen LogP contribution in [0.2, 0.25) is 5.02 Å². The summed E-state index contributed by atoms with van der Waals surface area (Å²) in [6, 6.07) is 17.0. The maximum absolute atomic E-state index is 5.95. The Hall–Kier alpha value is -0.810. The summed E-state index contributed by atoms with van der Waals surface area (Å²) in [5.41, 5.74) is 9.73. The minimum Gasteiger partial charge on any atom is -0.330 e. The summed E-state index contributed by atoms with van der Waals surface area (Å²) < 4.78 is 0. The predicted octanol–water partition coefficient (Wildman–Crippen LogP) is 4.00. The average Bonchev–Trinajstić information content (AvgIpc) is 2.59. The molecule has 3 nitrogen and oxygen atoms in total. The number of piperazine rings is 1. The molecule has 0 aromatic heterocycles. The van der Waals surface area contributed by atoms with Crippen molar-refractivity contribution in [2.45, 2.75) is 19.5 Å². The molecule has 144 valence electrons. The molecule has 1 aliphatic heterocycles. The van der Waals surface area contributed by atoms with Gasteiger partial charge in [0.15, 0.2) is 0 Å². The lowest BCUT2D eigenvalue weighted by atomic mass is 10.1. The first kappa shape index (κ1) is 23.2. The zero-order chi connectivity index (χ0) is 16.8. The lowest BCUT2D eigenvalue weighted by molar-refractivity contribution is 0.122. The van der Waals surface area contributed by atoms with Gasteiger partial charge < -0.3 is 5.73 Å². The lowest BCUT2D eigenvalue weighted by Crippen LogP contribution is -2.45. The normalized spacial score (nSPS) is 15.2. The van der Waals surface area contributed by atoms with Crippen LogP contribution in [0.4, 0.5) is 0 Å². The van der Waals surface area contributed by atoms with Crippen LogP contribution < -0.4 is 5.73 Å². The minimum absolute atomic E-state index is 0. The Kier molecular flexibility index (Phi) is 10.6. The molecule has 0 bridgehead atoms. The molecule has 0 radical (unpaired) electrons. The highest BCUT2D eigenvalue weighted by molar-refractivity contribution is 6.30. The van der Waals surface area contributed by atoms with Crippen molar-refractivity contribution in [1.82, 2.24) is 9.80 Å². The standard InChI is InChI=1S/C20H26ClN3.2ClH/c21-20-6-4-18(5-7-20)15-23-10-12-24(13-11-23)16-19-3-1-2-17(14-19)8-9-22;;/h1-7,14H,8-13,15-16,22H2;2*1H. The Balaban J connectivity index is 0.00000169. The number of rotatable bonds is 6.